The maximum Gasteiger partial charge on any atom is 0.140 e. The van der Waals surface area contributed by atoms with Crippen LogP contribution in [0.3, 0.4) is 0 Å². The molecule has 0 bridgehead atoms. The Morgan fingerprint density at radius 1 is 1.00 bits per heavy atom. The molecule has 2 aromatic rings. The van der Waals surface area contributed by atoms with E-state index < -0.39 is 0 Å². The van der Waals surface area contributed by atoms with Crippen LogP contribution < -0.4 is 4.90 Å². The summed E-state index contributed by atoms with van der Waals surface area (Å²) in [4.78, 5) is 13.9. The summed E-state index contributed by atoms with van der Waals surface area (Å²) in [5.41, 5.74) is 1.04. The fraction of sp³-hybridized carbons (Fsp3) is 0.429. The number of benzene rings is 1. The minimum atomic E-state index is 0.850. The number of fused-ring (bicyclic) bond motifs is 1. The third-order valence-corrected chi connectivity index (χ3v) is 3.50. The molecule has 3 rings (SSSR count). The van der Waals surface area contributed by atoms with Crippen LogP contribution >= 0.6 is 0 Å². The molecule has 0 spiro atoms. The van der Waals surface area contributed by atoms with Crippen LogP contribution in [0.25, 0.3) is 10.9 Å². The molecule has 1 aliphatic heterocycles. The van der Waals surface area contributed by atoms with E-state index in [0.717, 1.165) is 48.7 Å². The Kier molecular flexibility index (Phi) is 2.88. The summed E-state index contributed by atoms with van der Waals surface area (Å²) in [5.74, 6) is 1.94. The van der Waals surface area contributed by atoms with Gasteiger partial charge in [-0.1, -0.05) is 12.1 Å². The van der Waals surface area contributed by atoms with Gasteiger partial charge >= 0.3 is 0 Å². The zero-order valence-electron chi connectivity index (χ0n) is 10.9. The van der Waals surface area contributed by atoms with Crippen LogP contribution in [-0.2, 0) is 0 Å². The summed E-state index contributed by atoms with van der Waals surface area (Å²) in [6.07, 6.45) is 0. The molecule has 1 aromatic carbocycles. The van der Waals surface area contributed by atoms with E-state index >= 15 is 0 Å². The lowest BCUT2D eigenvalue weighted by Crippen LogP contribution is -2.45. The molecule has 1 aromatic heterocycles. The van der Waals surface area contributed by atoms with Crippen molar-refractivity contribution in [3.8, 4) is 0 Å². The molecule has 0 unspecified atom stereocenters. The highest BCUT2D eigenvalue weighted by Crippen LogP contribution is 2.24. The molecule has 0 atom stereocenters. The number of nitrogens with zero attached hydrogens (tertiary/aromatic N) is 4. The van der Waals surface area contributed by atoms with Crippen molar-refractivity contribution in [1.29, 1.82) is 0 Å². The van der Waals surface area contributed by atoms with E-state index in [1.807, 2.05) is 13.0 Å². The van der Waals surface area contributed by atoms with Gasteiger partial charge in [0.15, 0.2) is 0 Å². The standard InChI is InChI=1S/C14H18N4/c1-11-15-13-6-4-3-5-12(13)14(16-11)18-9-7-17(2)8-10-18/h3-6H,7-10H2,1-2H3. The van der Waals surface area contributed by atoms with Gasteiger partial charge in [-0.05, 0) is 26.1 Å². The third-order valence-electron chi connectivity index (χ3n) is 3.50. The van der Waals surface area contributed by atoms with Gasteiger partial charge in [-0.25, -0.2) is 9.97 Å². The second kappa shape index (κ2) is 4.53. The van der Waals surface area contributed by atoms with E-state index in [9.17, 15) is 0 Å². The Bertz CT molecular complexity index is 559. The van der Waals surface area contributed by atoms with E-state index in [4.69, 9.17) is 0 Å². The Morgan fingerprint density at radius 2 is 1.72 bits per heavy atom. The molecular weight excluding hydrogens is 224 g/mol. The molecule has 4 nitrogen and oxygen atoms in total. The van der Waals surface area contributed by atoms with Gasteiger partial charge in [-0.2, -0.15) is 0 Å². The van der Waals surface area contributed by atoms with Gasteiger partial charge in [0.05, 0.1) is 5.52 Å². The zero-order chi connectivity index (χ0) is 12.5. The van der Waals surface area contributed by atoms with Gasteiger partial charge in [-0.15, -0.1) is 0 Å². The van der Waals surface area contributed by atoms with Crippen LogP contribution in [0.2, 0.25) is 0 Å². The summed E-state index contributed by atoms with van der Waals surface area (Å²) < 4.78 is 0. The second-order valence-electron chi connectivity index (χ2n) is 4.90. The van der Waals surface area contributed by atoms with Crippen molar-refractivity contribution in [3.63, 3.8) is 0 Å². The minimum absolute atomic E-state index is 0.850. The van der Waals surface area contributed by atoms with E-state index in [1.54, 1.807) is 0 Å². The number of hydrogen-bond acceptors (Lipinski definition) is 4. The van der Waals surface area contributed by atoms with Crippen LogP contribution in [0.1, 0.15) is 5.82 Å². The first-order valence-corrected chi connectivity index (χ1v) is 6.41. The van der Waals surface area contributed by atoms with Gasteiger partial charge in [0.2, 0.25) is 0 Å². The summed E-state index contributed by atoms with van der Waals surface area (Å²) >= 11 is 0. The van der Waals surface area contributed by atoms with E-state index in [-0.39, 0.29) is 0 Å². The molecule has 1 aliphatic rings. The van der Waals surface area contributed by atoms with Gasteiger partial charge in [0.1, 0.15) is 11.6 Å². The maximum absolute atomic E-state index is 4.65. The highest BCUT2D eigenvalue weighted by Gasteiger charge is 2.18. The largest absolute Gasteiger partial charge is 0.353 e. The van der Waals surface area contributed by atoms with E-state index in [2.05, 4.69) is 45.0 Å². The van der Waals surface area contributed by atoms with Crippen molar-refractivity contribution < 1.29 is 0 Å². The molecule has 0 saturated carbocycles. The van der Waals surface area contributed by atoms with E-state index in [1.165, 1.54) is 0 Å². The summed E-state index contributed by atoms with van der Waals surface area (Å²) in [6, 6.07) is 8.26. The smallest absolute Gasteiger partial charge is 0.140 e. The van der Waals surface area contributed by atoms with Gasteiger partial charge in [-0.3, -0.25) is 0 Å². The molecule has 0 aliphatic carbocycles. The number of aromatic nitrogens is 2. The number of anilines is 1. The lowest BCUT2D eigenvalue weighted by atomic mass is 10.2. The predicted molar refractivity (Wildman–Crippen MR) is 74.0 cm³/mol. The average Bonchev–Trinajstić information content (AvgIpc) is 2.38. The molecule has 4 heteroatoms. The summed E-state index contributed by atoms with van der Waals surface area (Å²) in [6.45, 7) is 6.23. The normalized spacial score (nSPS) is 17.3. The van der Waals surface area contributed by atoms with Crippen molar-refractivity contribution in [1.82, 2.24) is 14.9 Å². The number of aryl methyl sites for hydroxylation is 1. The molecule has 0 radical (unpaired) electrons. The molecule has 18 heavy (non-hydrogen) atoms. The molecule has 0 amide bonds. The van der Waals surface area contributed by atoms with Crippen LogP contribution in [-0.4, -0.2) is 48.1 Å². The lowest BCUT2D eigenvalue weighted by Gasteiger charge is -2.33. The van der Waals surface area contributed by atoms with Crippen LogP contribution in [0, 0.1) is 6.92 Å². The topological polar surface area (TPSA) is 32.3 Å². The molecule has 1 saturated heterocycles. The van der Waals surface area contributed by atoms with Crippen LogP contribution in [0.4, 0.5) is 5.82 Å². The first-order chi connectivity index (χ1) is 8.74. The van der Waals surface area contributed by atoms with Crippen molar-refractivity contribution in [2.45, 2.75) is 6.92 Å². The van der Waals surface area contributed by atoms with Crippen LogP contribution in [0.15, 0.2) is 24.3 Å². The third kappa shape index (κ3) is 2.04. The maximum atomic E-state index is 4.65. The molecule has 2 heterocycles. The van der Waals surface area contributed by atoms with Crippen molar-refractivity contribution in [3.05, 3.63) is 30.1 Å². The van der Waals surface area contributed by atoms with Crippen molar-refractivity contribution >= 4 is 16.7 Å². The Balaban J connectivity index is 2.05. The number of hydrogen-bond donors (Lipinski definition) is 0. The Labute approximate surface area is 107 Å². The highest BCUT2D eigenvalue weighted by atomic mass is 15.3. The Hall–Kier alpha value is -1.68. The number of rotatable bonds is 1. The first kappa shape index (κ1) is 11.4. The second-order valence-corrected chi connectivity index (χ2v) is 4.90. The van der Waals surface area contributed by atoms with Gasteiger partial charge < -0.3 is 9.80 Å². The quantitative estimate of drug-likeness (QED) is 0.762. The first-order valence-electron chi connectivity index (χ1n) is 6.41. The SMILES string of the molecule is Cc1nc(N2CCN(C)CC2)c2ccccc2n1. The monoisotopic (exact) mass is 242 g/mol. The highest BCUT2D eigenvalue weighted by molar-refractivity contribution is 5.89. The average molecular weight is 242 g/mol. The molecule has 94 valence electrons. The number of likely N-dealkylation sites (N-methyl/N-ethyl adjacent to an activating group) is 1. The van der Waals surface area contributed by atoms with Crippen molar-refractivity contribution in [2.75, 3.05) is 38.1 Å². The Morgan fingerprint density at radius 3 is 2.50 bits per heavy atom. The van der Waals surface area contributed by atoms with Gasteiger partial charge in [0, 0.05) is 31.6 Å². The number of piperazine rings is 1. The van der Waals surface area contributed by atoms with Crippen LogP contribution in [0.5, 0.6) is 0 Å². The summed E-state index contributed by atoms with van der Waals surface area (Å²) in [7, 11) is 2.17. The molecular formula is C14H18N4. The fourth-order valence-corrected chi connectivity index (χ4v) is 2.43. The summed E-state index contributed by atoms with van der Waals surface area (Å²) in [5, 5.41) is 1.16. The molecule has 0 N–H and O–H groups in total. The zero-order valence-corrected chi connectivity index (χ0v) is 10.9. The van der Waals surface area contributed by atoms with Gasteiger partial charge in [0.25, 0.3) is 0 Å². The minimum Gasteiger partial charge on any atom is -0.353 e. The fourth-order valence-electron chi connectivity index (χ4n) is 2.43. The predicted octanol–water partition coefficient (Wildman–Crippen LogP) is 1.69. The van der Waals surface area contributed by atoms with E-state index in [0.29, 0.717) is 0 Å². The van der Waals surface area contributed by atoms with Crippen molar-refractivity contribution in [2.24, 2.45) is 0 Å². The lowest BCUT2D eigenvalue weighted by molar-refractivity contribution is 0.312. The number of para-hydroxylation sites is 1. The molecule has 1 fully saturated rings.